The van der Waals surface area contributed by atoms with Crippen LogP contribution < -0.4 is 19.5 Å². The molecule has 1 aliphatic heterocycles. The van der Waals surface area contributed by atoms with Crippen LogP contribution in [0.5, 0.6) is 17.2 Å². The molecule has 2 aromatic carbocycles. The Morgan fingerprint density at radius 1 is 1.08 bits per heavy atom. The highest BCUT2D eigenvalue weighted by Crippen LogP contribution is 2.33. The summed E-state index contributed by atoms with van der Waals surface area (Å²) in [5.74, 6) is 2.38. The van der Waals surface area contributed by atoms with E-state index in [4.69, 9.17) is 26.4 Å². The number of hydrogen-bond acceptors (Lipinski definition) is 4. The van der Waals surface area contributed by atoms with Crippen molar-refractivity contribution in [1.82, 2.24) is 4.90 Å². The Kier molecular flexibility index (Phi) is 5.83. The molecule has 0 saturated heterocycles. The normalized spacial score (nSPS) is 13.0. The van der Waals surface area contributed by atoms with Crippen molar-refractivity contribution in [3.63, 3.8) is 0 Å². The molecular formula is C20H24N2O3S. The molecule has 1 heterocycles. The minimum Gasteiger partial charge on any atom is -0.494 e. The predicted octanol–water partition coefficient (Wildman–Crippen LogP) is 3.86. The van der Waals surface area contributed by atoms with Crippen LogP contribution in [0, 0.1) is 0 Å². The maximum absolute atomic E-state index is 5.61. The molecule has 0 aliphatic carbocycles. The molecule has 1 N–H and O–H groups in total. The maximum Gasteiger partial charge on any atom is 0.173 e. The lowest BCUT2D eigenvalue weighted by Gasteiger charge is -2.31. The number of methoxy groups -OCH3 is 2. The molecule has 5 nitrogen and oxygen atoms in total. The second-order valence-electron chi connectivity index (χ2n) is 6.03. The van der Waals surface area contributed by atoms with Crippen molar-refractivity contribution in [2.24, 2.45) is 0 Å². The molecule has 0 fully saturated rings. The molecule has 138 valence electrons. The van der Waals surface area contributed by atoms with Crippen molar-refractivity contribution in [1.29, 1.82) is 0 Å². The molecule has 0 aromatic heterocycles. The van der Waals surface area contributed by atoms with Gasteiger partial charge in [-0.1, -0.05) is 0 Å². The van der Waals surface area contributed by atoms with Crippen LogP contribution >= 0.6 is 12.2 Å². The Labute approximate surface area is 159 Å². The molecule has 0 amide bonds. The van der Waals surface area contributed by atoms with Crippen molar-refractivity contribution in [2.45, 2.75) is 19.9 Å². The standard InChI is InChI=1S/C20H24N2O3S/c1-4-25-17-7-5-16(6-8-17)21-20(26)22-10-9-14-11-18(23-2)19(24-3)12-15(14)13-22/h5-8,11-12H,4,9-10,13H2,1-3H3,(H,21,26). The third-order valence-corrected chi connectivity index (χ3v) is 4.78. The van der Waals surface area contributed by atoms with Crippen molar-refractivity contribution in [3.05, 3.63) is 47.5 Å². The van der Waals surface area contributed by atoms with Crippen LogP contribution in [-0.4, -0.2) is 37.4 Å². The number of nitrogens with one attached hydrogen (secondary N) is 1. The van der Waals surface area contributed by atoms with Crippen LogP contribution in [0.25, 0.3) is 0 Å². The highest BCUT2D eigenvalue weighted by molar-refractivity contribution is 7.80. The average Bonchev–Trinajstić information content (AvgIpc) is 2.68. The number of rotatable bonds is 5. The fourth-order valence-electron chi connectivity index (χ4n) is 3.06. The molecule has 6 heteroatoms. The van der Waals surface area contributed by atoms with Crippen LogP contribution in [0.15, 0.2) is 36.4 Å². The number of benzene rings is 2. The van der Waals surface area contributed by atoms with E-state index in [2.05, 4.69) is 16.3 Å². The highest BCUT2D eigenvalue weighted by Gasteiger charge is 2.21. The zero-order valence-electron chi connectivity index (χ0n) is 15.4. The predicted molar refractivity (Wildman–Crippen MR) is 107 cm³/mol. The van der Waals surface area contributed by atoms with Crippen LogP contribution in [0.3, 0.4) is 0 Å². The van der Waals surface area contributed by atoms with Gasteiger partial charge in [-0.15, -0.1) is 0 Å². The number of anilines is 1. The van der Waals surface area contributed by atoms with Gasteiger partial charge in [0.1, 0.15) is 5.75 Å². The van der Waals surface area contributed by atoms with Gasteiger partial charge in [0.05, 0.1) is 20.8 Å². The zero-order chi connectivity index (χ0) is 18.5. The summed E-state index contributed by atoms with van der Waals surface area (Å²) in [7, 11) is 3.32. The lowest BCUT2D eigenvalue weighted by atomic mass is 9.99. The van der Waals surface area contributed by atoms with Gasteiger partial charge in [-0.3, -0.25) is 0 Å². The van der Waals surface area contributed by atoms with Gasteiger partial charge in [0, 0.05) is 18.8 Å². The maximum atomic E-state index is 5.61. The largest absolute Gasteiger partial charge is 0.494 e. The summed E-state index contributed by atoms with van der Waals surface area (Å²) in [6.07, 6.45) is 0.917. The molecule has 0 bridgehead atoms. The number of ether oxygens (including phenoxy) is 3. The summed E-state index contributed by atoms with van der Waals surface area (Å²) in [5.41, 5.74) is 3.45. The molecule has 26 heavy (non-hydrogen) atoms. The van der Waals surface area contributed by atoms with Gasteiger partial charge in [-0.2, -0.15) is 0 Å². The third kappa shape index (κ3) is 4.02. The molecule has 1 aliphatic rings. The Balaban J connectivity index is 1.68. The van der Waals surface area contributed by atoms with Gasteiger partial charge >= 0.3 is 0 Å². The first kappa shape index (κ1) is 18.3. The second kappa shape index (κ2) is 8.27. The number of hydrogen-bond donors (Lipinski definition) is 1. The second-order valence-corrected chi connectivity index (χ2v) is 6.42. The van der Waals surface area contributed by atoms with E-state index < -0.39 is 0 Å². The summed E-state index contributed by atoms with van der Waals surface area (Å²) >= 11 is 5.61. The molecule has 0 radical (unpaired) electrons. The van der Waals surface area contributed by atoms with E-state index >= 15 is 0 Å². The fourth-order valence-corrected chi connectivity index (χ4v) is 3.33. The molecule has 0 spiro atoms. The first-order valence-corrected chi connectivity index (χ1v) is 9.08. The lowest BCUT2D eigenvalue weighted by molar-refractivity contribution is 0.340. The van der Waals surface area contributed by atoms with Crippen molar-refractivity contribution >= 4 is 23.0 Å². The topological polar surface area (TPSA) is 43.0 Å². The van der Waals surface area contributed by atoms with Crippen LogP contribution in [0.2, 0.25) is 0 Å². The molecule has 0 unspecified atom stereocenters. The zero-order valence-corrected chi connectivity index (χ0v) is 16.2. The number of thiocarbonyl (C=S) groups is 1. The van der Waals surface area contributed by atoms with E-state index in [1.54, 1.807) is 14.2 Å². The average molecular weight is 372 g/mol. The number of nitrogens with zero attached hydrogens (tertiary/aromatic N) is 1. The summed E-state index contributed by atoms with van der Waals surface area (Å²) in [4.78, 5) is 2.17. The van der Waals surface area contributed by atoms with Gasteiger partial charge in [0.25, 0.3) is 0 Å². The molecule has 0 saturated carbocycles. The van der Waals surface area contributed by atoms with Gasteiger partial charge in [0.2, 0.25) is 0 Å². The van der Waals surface area contributed by atoms with Gasteiger partial charge in [-0.05, 0) is 73.1 Å². The van der Waals surface area contributed by atoms with E-state index in [-0.39, 0.29) is 0 Å². The van der Waals surface area contributed by atoms with E-state index in [0.717, 1.165) is 47.6 Å². The molecule has 3 rings (SSSR count). The van der Waals surface area contributed by atoms with Crippen LogP contribution in [-0.2, 0) is 13.0 Å². The SMILES string of the molecule is CCOc1ccc(NC(=S)N2CCc3cc(OC)c(OC)cc3C2)cc1. The van der Waals surface area contributed by atoms with Crippen molar-refractivity contribution < 1.29 is 14.2 Å². The summed E-state index contributed by atoms with van der Waals surface area (Å²) in [6.45, 7) is 4.25. The Morgan fingerprint density at radius 3 is 2.35 bits per heavy atom. The van der Waals surface area contributed by atoms with Crippen molar-refractivity contribution in [2.75, 3.05) is 32.7 Å². The Hall–Kier alpha value is -2.47. The monoisotopic (exact) mass is 372 g/mol. The summed E-state index contributed by atoms with van der Waals surface area (Å²) in [6, 6.07) is 11.9. The van der Waals surface area contributed by atoms with E-state index in [1.807, 2.05) is 37.3 Å². The molecule has 2 aromatic rings. The summed E-state index contributed by atoms with van der Waals surface area (Å²) in [5, 5.41) is 4.03. The van der Waals surface area contributed by atoms with Crippen LogP contribution in [0.4, 0.5) is 5.69 Å². The van der Waals surface area contributed by atoms with E-state index in [0.29, 0.717) is 6.61 Å². The molecular weight excluding hydrogens is 348 g/mol. The summed E-state index contributed by atoms with van der Waals surface area (Å²) < 4.78 is 16.3. The van der Waals surface area contributed by atoms with Crippen LogP contribution in [0.1, 0.15) is 18.1 Å². The first-order chi connectivity index (χ1) is 12.6. The minimum atomic E-state index is 0.659. The van der Waals surface area contributed by atoms with Gasteiger partial charge in [-0.25, -0.2) is 0 Å². The smallest absolute Gasteiger partial charge is 0.173 e. The molecule has 0 atom stereocenters. The Morgan fingerprint density at radius 2 is 1.73 bits per heavy atom. The quantitative estimate of drug-likeness (QED) is 0.804. The van der Waals surface area contributed by atoms with Gasteiger partial charge in [0.15, 0.2) is 16.6 Å². The number of fused-ring (bicyclic) bond motifs is 1. The highest BCUT2D eigenvalue weighted by atomic mass is 32.1. The first-order valence-electron chi connectivity index (χ1n) is 8.67. The van der Waals surface area contributed by atoms with Crippen molar-refractivity contribution in [3.8, 4) is 17.2 Å². The lowest BCUT2D eigenvalue weighted by Crippen LogP contribution is -2.38. The fraction of sp³-hybridized carbons (Fsp3) is 0.350. The Bertz CT molecular complexity index is 777. The van der Waals surface area contributed by atoms with E-state index in [1.165, 1.54) is 11.1 Å². The van der Waals surface area contributed by atoms with Gasteiger partial charge < -0.3 is 24.4 Å². The third-order valence-electron chi connectivity index (χ3n) is 4.42. The minimum absolute atomic E-state index is 0.659. The van der Waals surface area contributed by atoms with E-state index in [9.17, 15) is 0 Å².